The van der Waals surface area contributed by atoms with Crippen molar-refractivity contribution in [2.75, 3.05) is 7.11 Å². The van der Waals surface area contributed by atoms with Gasteiger partial charge in [-0.25, -0.2) is 9.18 Å². The molecule has 0 saturated heterocycles. The Hall–Kier alpha value is -3.47. The highest BCUT2D eigenvalue weighted by Gasteiger charge is 2.35. The maximum absolute atomic E-state index is 13.5. The molecule has 1 N–H and O–H groups in total. The first-order chi connectivity index (χ1) is 14.1. The van der Waals surface area contributed by atoms with Crippen molar-refractivity contribution in [3.63, 3.8) is 0 Å². The number of methoxy groups -OCH3 is 1. The van der Waals surface area contributed by atoms with Gasteiger partial charge < -0.3 is 10.1 Å². The van der Waals surface area contributed by atoms with Crippen LogP contribution in [0, 0.1) is 5.82 Å². The molecule has 0 unspecified atom stereocenters. The highest BCUT2D eigenvalue weighted by molar-refractivity contribution is 5.97. The molecular formula is C24H20FNO3. The Bertz CT molecular complexity index is 1030. The highest BCUT2D eigenvalue weighted by Crippen LogP contribution is 2.44. The topological polar surface area (TPSA) is 55.4 Å². The van der Waals surface area contributed by atoms with Crippen LogP contribution in [-0.2, 0) is 20.7 Å². The van der Waals surface area contributed by atoms with E-state index in [2.05, 4.69) is 5.32 Å². The number of esters is 1. The van der Waals surface area contributed by atoms with Crippen LogP contribution in [0.25, 0.3) is 11.1 Å². The van der Waals surface area contributed by atoms with Crippen molar-refractivity contribution in [1.29, 1.82) is 0 Å². The second-order valence-electron chi connectivity index (χ2n) is 7.03. The van der Waals surface area contributed by atoms with Gasteiger partial charge in [-0.2, -0.15) is 0 Å². The molecule has 0 aromatic heterocycles. The third kappa shape index (κ3) is 3.63. The molecule has 4 rings (SSSR count). The van der Waals surface area contributed by atoms with Gasteiger partial charge in [0.25, 0.3) is 0 Å². The molecule has 29 heavy (non-hydrogen) atoms. The number of hydrogen-bond donors (Lipinski definition) is 1. The Kier molecular flexibility index (Phi) is 5.12. The van der Waals surface area contributed by atoms with Crippen molar-refractivity contribution in [2.45, 2.75) is 18.4 Å². The van der Waals surface area contributed by atoms with Gasteiger partial charge in [0.05, 0.1) is 13.0 Å². The maximum Gasteiger partial charge on any atom is 0.328 e. The van der Waals surface area contributed by atoms with E-state index < -0.39 is 23.7 Å². The number of amides is 1. The maximum atomic E-state index is 13.5. The van der Waals surface area contributed by atoms with Crippen LogP contribution in [-0.4, -0.2) is 25.0 Å². The van der Waals surface area contributed by atoms with Crippen LogP contribution in [0.15, 0.2) is 72.8 Å². The summed E-state index contributed by atoms with van der Waals surface area (Å²) in [7, 11) is 1.27. The highest BCUT2D eigenvalue weighted by atomic mass is 19.1. The average molecular weight is 389 g/mol. The van der Waals surface area contributed by atoms with E-state index in [9.17, 15) is 14.0 Å². The number of rotatable bonds is 5. The zero-order chi connectivity index (χ0) is 20.4. The van der Waals surface area contributed by atoms with Gasteiger partial charge >= 0.3 is 5.97 Å². The molecule has 0 saturated carbocycles. The molecule has 1 amide bonds. The van der Waals surface area contributed by atoms with Crippen LogP contribution >= 0.6 is 0 Å². The first-order valence-corrected chi connectivity index (χ1v) is 9.39. The first kappa shape index (κ1) is 18.9. The first-order valence-electron chi connectivity index (χ1n) is 9.39. The number of carbonyl (C=O) groups is 2. The van der Waals surface area contributed by atoms with Crippen molar-refractivity contribution < 1.29 is 18.7 Å². The van der Waals surface area contributed by atoms with Gasteiger partial charge in [0.1, 0.15) is 11.9 Å². The second-order valence-corrected chi connectivity index (χ2v) is 7.03. The molecule has 146 valence electrons. The van der Waals surface area contributed by atoms with Gasteiger partial charge in [0.15, 0.2) is 0 Å². The average Bonchev–Trinajstić information content (AvgIpc) is 3.07. The molecule has 0 radical (unpaired) electrons. The fourth-order valence-corrected chi connectivity index (χ4v) is 3.93. The molecule has 3 aromatic rings. The summed E-state index contributed by atoms with van der Waals surface area (Å²) in [5, 5.41) is 2.82. The van der Waals surface area contributed by atoms with E-state index in [1.165, 1.54) is 19.2 Å². The van der Waals surface area contributed by atoms with Gasteiger partial charge in [-0.15, -0.1) is 0 Å². The Labute approximate surface area is 168 Å². The predicted molar refractivity (Wildman–Crippen MR) is 108 cm³/mol. The van der Waals surface area contributed by atoms with Crippen LogP contribution in [0.2, 0.25) is 0 Å². The number of fused-ring (bicyclic) bond motifs is 3. The summed E-state index contributed by atoms with van der Waals surface area (Å²) < 4.78 is 18.4. The molecule has 0 aliphatic heterocycles. The molecule has 1 aliphatic rings. The molecule has 0 bridgehead atoms. The smallest absolute Gasteiger partial charge is 0.328 e. The molecule has 1 atom stereocenters. The molecule has 0 fully saturated rings. The lowest BCUT2D eigenvalue weighted by atomic mass is 9.95. The summed E-state index contributed by atoms with van der Waals surface area (Å²) in [5.41, 5.74) is 4.44. The van der Waals surface area contributed by atoms with Crippen molar-refractivity contribution in [3.8, 4) is 11.1 Å². The quantitative estimate of drug-likeness (QED) is 0.675. The van der Waals surface area contributed by atoms with E-state index >= 15 is 0 Å². The van der Waals surface area contributed by atoms with Crippen molar-refractivity contribution in [3.05, 3.63) is 95.3 Å². The molecule has 5 heteroatoms. The third-order valence-electron chi connectivity index (χ3n) is 5.23. The van der Waals surface area contributed by atoms with E-state index in [0.717, 1.165) is 22.3 Å². The summed E-state index contributed by atoms with van der Waals surface area (Å²) in [5.74, 6) is -1.76. The zero-order valence-corrected chi connectivity index (χ0v) is 15.9. The summed E-state index contributed by atoms with van der Waals surface area (Å²) in [6, 6.07) is 20.6. The van der Waals surface area contributed by atoms with Gasteiger partial charge in [-0.05, 0) is 39.9 Å². The van der Waals surface area contributed by atoms with E-state index in [-0.39, 0.29) is 12.3 Å². The summed E-state index contributed by atoms with van der Waals surface area (Å²) in [6.07, 6.45) is 0.145. The second kappa shape index (κ2) is 7.87. The molecule has 0 spiro atoms. The monoisotopic (exact) mass is 389 g/mol. The molecule has 4 nitrogen and oxygen atoms in total. The lowest BCUT2D eigenvalue weighted by Gasteiger charge is -2.20. The fraction of sp³-hybridized carbons (Fsp3) is 0.167. The number of nitrogens with one attached hydrogen (secondary N) is 1. The summed E-state index contributed by atoms with van der Waals surface area (Å²) >= 11 is 0. The molecular weight excluding hydrogens is 369 g/mol. The van der Waals surface area contributed by atoms with Gasteiger partial charge in [0, 0.05) is 6.42 Å². The standard InChI is InChI=1S/C24H20FNO3/c1-29-24(28)21(14-15-7-6-8-16(25)13-15)26-23(27)22-19-11-4-2-9-17(19)18-10-3-5-12-20(18)22/h2-13,21-22H,14H2,1H3,(H,26,27)/t21-/m0/s1. The zero-order valence-electron chi connectivity index (χ0n) is 15.9. The van der Waals surface area contributed by atoms with Crippen LogP contribution in [0.1, 0.15) is 22.6 Å². The minimum absolute atomic E-state index is 0.145. The Balaban J connectivity index is 1.63. The van der Waals surface area contributed by atoms with E-state index in [0.29, 0.717) is 5.56 Å². The third-order valence-corrected chi connectivity index (χ3v) is 5.23. The number of ether oxygens (including phenoxy) is 1. The fourth-order valence-electron chi connectivity index (χ4n) is 3.93. The summed E-state index contributed by atoms with van der Waals surface area (Å²) in [4.78, 5) is 25.6. The normalized spacial score (nSPS) is 13.3. The summed E-state index contributed by atoms with van der Waals surface area (Å²) in [6.45, 7) is 0. The van der Waals surface area contributed by atoms with Crippen LogP contribution in [0.3, 0.4) is 0 Å². The minimum atomic E-state index is -0.908. The molecule has 0 heterocycles. The van der Waals surface area contributed by atoms with E-state index in [4.69, 9.17) is 4.74 Å². The van der Waals surface area contributed by atoms with Gasteiger partial charge in [0.2, 0.25) is 5.91 Å². The lowest BCUT2D eigenvalue weighted by Crippen LogP contribution is -2.45. The van der Waals surface area contributed by atoms with Gasteiger partial charge in [-0.3, -0.25) is 4.79 Å². The minimum Gasteiger partial charge on any atom is -0.467 e. The number of halogens is 1. The van der Waals surface area contributed by atoms with Crippen molar-refractivity contribution in [2.24, 2.45) is 0 Å². The Morgan fingerprint density at radius 1 is 0.966 bits per heavy atom. The van der Waals surface area contributed by atoms with Crippen LogP contribution < -0.4 is 5.32 Å². The van der Waals surface area contributed by atoms with Crippen molar-refractivity contribution in [1.82, 2.24) is 5.32 Å². The van der Waals surface area contributed by atoms with Gasteiger partial charge in [-0.1, -0.05) is 60.7 Å². The number of benzene rings is 3. The lowest BCUT2D eigenvalue weighted by molar-refractivity contribution is -0.145. The molecule has 3 aromatic carbocycles. The van der Waals surface area contributed by atoms with E-state index in [1.807, 2.05) is 48.5 Å². The van der Waals surface area contributed by atoms with Crippen molar-refractivity contribution >= 4 is 11.9 Å². The number of hydrogen-bond acceptors (Lipinski definition) is 3. The van der Waals surface area contributed by atoms with Crippen LogP contribution in [0.4, 0.5) is 4.39 Å². The van der Waals surface area contributed by atoms with E-state index in [1.54, 1.807) is 12.1 Å². The molecule has 1 aliphatic carbocycles. The SMILES string of the molecule is COC(=O)[C@H](Cc1cccc(F)c1)NC(=O)C1c2ccccc2-c2ccccc21. The largest absolute Gasteiger partial charge is 0.467 e. The number of carbonyl (C=O) groups excluding carboxylic acids is 2. The predicted octanol–water partition coefficient (Wildman–Crippen LogP) is 3.84. The Morgan fingerprint density at radius 2 is 1.59 bits per heavy atom. The van der Waals surface area contributed by atoms with Crippen LogP contribution in [0.5, 0.6) is 0 Å². The Morgan fingerprint density at radius 3 is 2.17 bits per heavy atom.